The van der Waals surface area contributed by atoms with E-state index < -0.39 is 0 Å². The summed E-state index contributed by atoms with van der Waals surface area (Å²) in [4.78, 5) is 2.53. The first-order valence-corrected chi connectivity index (χ1v) is 8.21. The molecule has 106 valence electrons. The summed E-state index contributed by atoms with van der Waals surface area (Å²) in [5.41, 5.74) is 2.22. The van der Waals surface area contributed by atoms with Crippen LogP contribution in [0.15, 0.2) is 16.6 Å². The maximum absolute atomic E-state index is 6.21. The average Bonchev–Trinajstić information content (AvgIpc) is 2.61. The molecule has 4 heteroatoms. The van der Waals surface area contributed by atoms with E-state index >= 15 is 0 Å². The highest BCUT2D eigenvalue weighted by Crippen LogP contribution is 2.30. The largest absolute Gasteiger partial charge is 0.381 e. The zero-order valence-corrected chi connectivity index (χ0v) is 14.0. The summed E-state index contributed by atoms with van der Waals surface area (Å²) in [6.45, 7) is 7.84. The predicted octanol–water partition coefficient (Wildman–Crippen LogP) is 4.70. The van der Waals surface area contributed by atoms with E-state index in [0.29, 0.717) is 6.04 Å². The minimum absolute atomic E-state index is 0.548. The molecular weight excluding hydrogens is 324 g/mol. The van der Waals surface area contributed by atoms with Gasteiger partial charge in [-0.05, 0) is 72.9 Å². The van der Waals surface area contributed by atoms with Gasteiger partial charge in [-0.2, -0.15) is 0 Å². The number of halogens is 2. The van der Waals surface area contributed by atoms with E-state index in [9.17, 15) is 0 Å². The molecule has 1 aromatic carbocycles. The van der Waals surface area contributed by atoms with Crippen LogP contribution in [-0.4, -0.2) is 30.6 Å². The van der Waals surface area contributed by atoms with Crippen molar-refractivity contribution in [3.05, 3.63) is 27.2 Å². The first kappa shape index (κ1) is 15.1. The van der Waals surface area contributed by atoms with Gasteiger partial charge in [0.05, 0.1) is 5.69 Å². The minimum Gasteiger partial charge on any atom is -0.381 e. The van der Waals surface area contributed by atoms with Crippen LogP contribution in [0.1, 0.15) is 31.7 Å². The normalized spacial score (nSPS) is 21.2. The van der Waals surface area contributed by atoms with E-state index in [1.54, 1.807) is 0 Å². The zero-order chi connectivity index (χ0) is 13.8. The van der Waals surface area contributed by atoms with Crippen LogP contribution < -0.4 is 5.32 Å². The molecular formula is C15H22BrClN2. The van der Waals surface area contributed by atoms with Gasteiger partial charge in [-0.15, -0.1) is 0 Å². The molecule has 1 heterocycles. The Kier molecular flexibility index (Phi) is 5.55. The standard InChI is InChI=1S/C15H22BrClN2/c1-3-19-7-4-5-12(6-8-19)18-15-10-14(17)11(2)9-13(15)16/h9-10,12,18H,3-8H2,1-2H3. The van der Waals surface area contributed by atoms with E-state index in [2.05, 4.69) is 39.1 Å². The number of aryl methyl sites for hydroxylation is 1. The van der Waals surface area contributed by atoms with Crippen LogP contribution in [-0.2, 0) is 0 Å². The van der Waals surface area contributed by atoms with Crippen LogP contribution in [0, 0.1) is 6.92 Å². The van der Waals surface area contributed by atoms with Gasteiger partial charge in [0.1, 0.15) is 0 Å². The molecule has 1 N–H and O–H groups in total. The molecule has 1 aromatic rings. The molecule has 19 heavy (non-hydrogen) atoms. The van der Waals surface area contributed by atoms with Crippen molar-refractivity contribution in [1.29, 1.82) is 0 Å². The van der Waals surface area contributed by atoms with Gasteiger partial charge in [0.2, 0.25) is 0 Å². The fraction of sp³-hybridized carbons (Fsp3) is 0.600. The molecule has 1 unspecified atom stereocenters. The number of nitrogens with zero attached hydrogens (tertiary/aromatic N) is 1. The van der Waals surface area contributed by atoms with E-state index in [-0.39, 0.29) is 0 Å². The first-order valence-electron chi connectivity index (χ1n) is 7.04. The lowest BCUT2D eigenvalue weighted by Gasteiger charge is -2.20. The van der Waals surface area contributed by atoms with E-state index in [1.165, 1.54) is 32.4 Å². The van der Waals surface area contributed by atoms with Gasteiger partial charge >= 0.3 is 0 Å². The maximum atomic E-state index is 6.21. The van der Waals surface area contributed by atoms with Crippen LogP contribution in [0.2, 0.25) is 5.02 Å². The Labute approximate surface area is 129 Å². The van der Waals surface area contributed by atoms with Gasteiger partial charge in [0, 0.05) is 22.1 Å². The molecule has 1 fully saturated rings. The summed E-state index contributed by atoms with van der Waals surface area (Å²) in [6.07, 6.45) is 3.70. The van der Waals surface area contributed by atoms with Gasteiger partial charge < -0.3 is 10.2 Å². The smallest absolute Gasteiger partial charge is 0.0501 e. The van der Waals surface area contributed by atoms with E-state index in [1.807, 2.05) is 13.0 Å². The maximum Gasteiger partial charge on any atom is 0.0501 e. The van der Waals surface area contributed by atoms with Gasteiger partial charge in [-0.3, -0.25) is 0 Å². The predicted molar refractivity (Wildman–Crippen MR) is 87.3 cm³/mol. The molecule has 1 saturated heterocycles. The summed E-state index contributed by atoms with van der Waals surface area (Å²) >= 11 is 9.83. The molecule has 1 atom stereocenters. The molecule has 0 spiro atoms. The highest BCUT2D eigenvalue weighted by Gasteiger charge is 2.17. The Morgan fingerprint density at radius 1 is 1.37 bits per heavy atom. The van der Waals surface area contributed by atoms with Gasteiger partial charge in [0.15, 0.2) is 0 Å². The SMILES string of the molecule is CCN1CCCC(Nc2cc(Cl)c(C)cc2Br)CC1. The molecule has 1 aliphatic rings. The first-order chi connectivity index (χ1) is 9.10. The number of likely N-dealkylation sites (tertiary alicyclic amines) is 1. The zero-order valence-electron chi connectivity index (χ0n) is 11.7. The highest BCUT2D eigenvalue weighted by atomic mass is 79.9. The molecule has 2 rings (SSSR count). The second kappa shape index (κ2) is 6.96. The number of nitrogens with one attached hydrogen (secondary N) is 1. The lowest BCUT2D eigenvalue weighted by molar-refractivity contribution is 0.300. The van der Waals surface area contributed by atoms with Crippen molar-refractivity contribution in [2.24, 2.45) is 0 Å². The summed E-state index contributed by atoms with van der Waals surface area (Å²) in [7, 11) is 0. The van der Waals surface area contributed by atoms with Crippen LogP contribution in [0.5, 0.6) is 0 Å². The van der Waals surface area contributed by atoms with Gasteiger partial charge in [-0.25, -0.2) is 0 Å². The van der Waals surface area contributed by atoms with Gasteiger partial charge in [-0.1, -0.05) is 18.5 Å². The second-order valence-electron chi connectivity index (χ2n) is 5.29. The molecule has 0 aromatic heterocycles. The summed E-state index contributed by atoms with van der Waals surface area (Å²) in [5.74, 6) is 0. The number of hydrogen-bond donors (Lipinski definition) is 1. The average molecular weight is 346 g/mol. The van der Waals surface area contributed by atoms with Crippen molar-refractivity contribution < 1.29 is 0 Å². The second-order valence-corrected chi connectivity index (χ2v) is 6.55. The minimum atomic E-state index is 0.548. The number of benzene rings is 1. The molecule has 2 nitrogen and oxygen atoms in total. The fourth-order valence-corrected chi connectivity index (χ4v) is 3.33. The van der Waals surface area contributed by atoms with Crippen molar-refractivity contribution in [1.82, 2.24) is 4.90 Å². The Bertz CT molecular complexity index is 436. The Balaban J connectivity index is 2.03. The van der Waals surface area contributed by atoms with Crippen molar-refractivity contribution in [3.8, 4) is 0 Å². The number of anilines is 1. The third-order valence-corrected chi connectivity index (χ3v) is 4.94. The Morgan fingerprint density at radius 2 is 2.16 bits per heavy atom. The van der Waals surface area contributed by atoms with Crippen LogP contribution in [0.3, 0.4) is 0 Å². The Hall–Kier alpha value is -0.250. The quantitative estimate of drug-likeness (QED) is 0.854. The number of rotatable bonds is 3. The van der Waals surface area contributed by atoms with Crippen molar-refractivity contribution in [2.75, 3.05) is 25.0 Å². The van der Waals surface area contributed by atoms with Gasteiger partial charge in [0.25, 0.3) is 0 Å². The lowest BCUT2D eigenvalue weighted by atomic mass is 10.1. The monoisotopic (exact) mass is 344 g/mol. The molecule has 0 radical (unpaired) electrons. The molecule has 0 amide bonds. The van der Waals surface area contributed by atoms with E-state index in [0.717, 1.165) is 27.3 Å². The molecule has 0 bridgehead atoms. The van der Waals surface area contributed by atoms with Crippen LogP contribution >= 0.6 is 27.5 Å². The lowest BCUT2D eigenvalue weighted by Crippen LogP contribution is -2.26. The van der Waals surface area contributed by atoms with Crippen LogP contribution in [0.4, 0.5) is 5.69 Å². The van der Waals surface area contributed by atoms with Crippen molar-refractivity contribution in [2.45, 2.75) is 39.2 Å². The Morgan fingerprint density at radius 3 is 2.89 bits per heavy atom. The molecule has 1 aliphatic heterocycles. The summed E-state index contributed by atoms with van der Waals surface area (Å²) in [6, 6.07) is 4.66. The van der Waals surface area contributed by atoms with E-state index in [4.69, 9.17) is 11.6 Å². The van der Waals surface area contributed by atoms with Crippen LogP contribution in [0.25, 0.3) is 0 Å². The highest BCUT2D eigenvalue weighted by molar-refractivity contribution is 9.10. The molecule has 0 saturated carbocycles. The third-order valence-electron chi connectivity index (χ3n) is 3.88. The molecule has 0 aliphatic carbocycles. The fourth-order valence-electron chi connectivity index (χ4n) is 2.59. The topological polar surface area (TPSA) is 15.3 Å². The third kappa shape index (κ3) is 4.11. The van der Waals surface area contributed by atoms with Crippen molar-refractivity contribution in [3.63, 3.8) is 0 Å². The number of hydrogen-bond acceptors (Lipinski definition) is 2. The summed E-state index contributed by atoms with van der Waals surface area (Å²) in [5, 5.41) is 4.47. The van der Waals surface area contributed by atoms with Crippen molar-refractivity contribution >= 4 is 33.2 Å². The summed E-state index contributed by atoms with van der Waals surface area (Å²) < 4.78 is 1.10.